The van der Waals surface area contributed by atoms with Gasteiger partial charge in [0, 0.05) is 19.3 Å². The van der Waals surface area contributed by atoms with E-state index in [0.717, 1.165) is 19.4 Å². The Morgan fingerprint density at radius 3 is 3.00 bits per heavy atom. The lowest BCUT2D eigenvalue weighted by Crippen LogP contribution is -2.30. The average molecular weight is 265 g/mol. The van der Waals surface area contributed by atoms with Gasteiger partial charge < -0.3 is 20.9 Å². The molecule has 7 nitrogen and oxygen atoms in total. The molecule has 1 aromatic rings. The van der Waals surface area contributed by atoms with Gasteiger partial charge in [0.25, 0.3) is 0 Å². The van der Waals surface area contributed by atoms with E-state index in [1.54, 1.807) is 12.3 Å². The fourth-order valence-corrected chi connectivity index (χ4v) is 2.16. The molecule has 1 aliphatic rings. The van der Waals surface area contributed by atoms with Crippen LogP contribution < -0.4 is 10.6 Å². The molecule has 1 fully saturated rings. The molecule has 104 valence electrons. The Hall–Kier alpha value is -1.89. The topological polar surface area (TPSA) is 108 Å². The summed E-state index contributed by atoms with van der Waals surface area (Å²) >= 11 is 0. The van der Waals surface area contributed by atoms with Gasteiger partial charge in [0.15, 0.2) is 5.84 Å². The van der Waals surface area contributed by atoms with Crippen LogP contribution in [0.15, 0.2) is 17.4 Å². The van der Waals surface area contributed by atoms with Gasteiger partial charge in [-0.25, -0.2) is 9.97 Å². The van der Waals surface area contributed by atoms with E-state index in [2.05, 4.69) is 15.1 Å². The monoisotopic (exact) mass is 265 g/mol. The Bertz CT molecular complexity index is 475. The van der Waals surface area contributed by atoms with Gasteiger partial charge in [0.2, 0.25) is 5.95 Å². The first-order valence-electron chi connectivity index (χ1n) is 6.30. The van der Waals surface area contributed by atoms with Crippen molar-refractivity contribution in [2.45, 2.75) is 31.8 Å². The zero-order chi connectivity index (χ0) is 13.9. The van der Waals surface area contributed by atoms with Gasteiger partial charge in [-0.15, -0.1) is 0 Å². The minimum Gasteiger partial charge on any atom is -0.409 e. The van der Waals surface area contributed by atoms with Crippen molar-refractivity contribution in [2.24, 2.45) is 10.9 Å². The highest BCUT2D eigenvalue weighted by molar-refractivity contribution is 5.95. The van der Waals surface area contributed by atoms with Crippen molar-refractivity contribution in [3.63, 3.8) is 0 Å². The second-order valence-corrected chi connectivity index (χ2v) is 5.06. The molecule has 4 N–H and O–H groups in total. The molecule has 0 radical (unpaired) electrons. The van der Waals surface area contributed by atoms with Crippen LogP contribution in [0, 0.1) is 0 Å². The Balaban J connectivity index is 2.18. The molecule has 1 unspecified atom stereocenters. The van der Waals surface area contributed by atoms with Crippen molar-refractivity contribution < 1.29 is 10.3 Å². The van der Waals surface area contributed by atoms with Crippen LogP contribution in [0.1, 0.15) is 31.9 Å². The molecule has 2 rings (SSSR count). The van der Waals surface area contributed by atoms with Gasteiger partial charge in [-0.2, -0.15) is 0 Å². The third-order valence-electron chi connectivity index (χ3n) is 3.36. The molecular weight excluding hydrogens is 246 g/mol. The predicted octanol–water partition coefficient (Wildman–Crippen LogP) is 0.312. The lowest BCUT2D eigenvalue weighted by molar-refractivity contribution is 0.0481. The Labute approximate surface area is 111 Å². The summed E-state index contributed by atoms with van der Waals surface area (Å²) in [5, 5.41) is 21.7. The maximum atomic E-state index is 10.1. The summed E-state index contributed by atoms with van der Waals surface area (Å²) < 4.78 is 0. The molecule has 2 heterocycles. The first kappa shape index (κ1) is 13.5. The van der Waals surface area contributed by atoms with Crippen LogP contribution in [-0.2, 0) is 0 Å². The molecule has 1 atom stereocenters. The lowest BCUT2D eigenvalue weighted by Gasteiger charge is -2.22. The molecule has 1 aliphatic heterocycles. The van der Waals surface area contributed by atoms with Crippen LogP contribution >= 0.6 is 0 Å². The standard InChI is InChI=1S/C12H19N5O2/c1-12(18)4-2-7-17(8-5-12)11-14-6-3-9(15-11)10(13)16-19/h3,6,18-19H,2,4-5,7-8H2,1H3,(H2,13,16). The molecule has 19 heavy (non-hydrogen) atoms. The predicted molar refractivity (Wildman–Crippen MR) is 71.2 cm³/mol. The third kappa shape index (κ3) is 3.31. The quantitative estimate of drug-likeness (QED) is 0.307. The molecule has 1 saturated heterocycles. The Morgan fingerprint density at radius 1 is 1.47 bits per heavy atom. The summed E-state index contributed by atoms with van der Waals surface area (Å²) in [6, 6.07) is 1.59. The number of hydrogen-bond acceptors (Lipinski definition) is 6. The van der Waals surface area contributed by atoms with Crippen molar-refractivity contribution in [3.05, 3.63) is 18.0 Å². The molecule has 0 bridgehead atoms. The summed E-state index contributed by atoms with van der Waals surface area (Å²) in [7, 11) is 0. The molecule has 0 aromatic carbocycles. The fraction of sp³-hybridized carbons (Fsp3) is 0.583. The maximum absolute atomic E-state index is 10.1. The third-order valence-corrected chi connectivity index (χ3v) is 3.36. The van der Waals surface area contributed by atoms with Crippen LogP contribution in [-0.4, -0.2) is 44.8 Å². The number of nitrogens with two attached hydrogens (primary N) is 1. The van der Waals surface area contributed by atoms with Gasteiger partial charge in [-0.1, -0.05) is 5.16 Å². The van der Waals surface area contributed by atoms with Crippen molar-refractivity contribution in [1.82, 2.24) is 9.97 Å². The smallest absolute Gasteiger partial charge is 0.225 e. The minimum atomic E-state index is -0.627. The minimum absolute atomic E-state index is 0.0366. The van der Waals surface area contributed by atoms with Gasteiger partial charge in [0.1, 0.15) is 5.69 Å². The van der Waals surface area contributed by atoms with Gasteiger partial charge in [0.05, 0.1) is 5.60 Å². The van der Waals surface area contributed by atoms with E-state index in [9.17, 15) is 5.11 Å². The van der Waals surface area contributed by atoms with E-state index in [0.29, 0.717) is 24.6 Å². The van der Waals surface area contributed by atoms with Gasteiger partial charge in [-0.05, 0) is 32.3 Å². The van der Waals surface area contributed by atoms with E-state index < -0.39 is 5.60 Å². The second kappa shape index (κ2) is 5.40. The van der Waals surface area contributed by atoms with Crippen molar-refractivity contribution in [3.8, 4) is 0 Å². The van der Waals surface area contributed by atoms with E-state index >= 15 is 0 Å². The first-order valence-corrected chi connectivity index (χ1v) is 6.30. The van der Waals surface area contributed by atoms with Crippen LogP contribution in [0.3, 0.4) is 0 Å². The molecule has 1 aromatic heterocycles. The molecule has 0 aliphatic carbocycles. The maximum Gasteiger partial charge on any atom is 0.225 e. The van der Waals surface area contributed by atoms with Crippen LogP contribution in [0.2, 0.25) is 0 Å². The second-order valence-electron chi connectivity index (χ2n) is 5.06. The summed E-state index contributed by atoms with van der Waals surface area (Å²) in [5.41, 5.74) is 5.28. The SMILES string of the molecule is CC1(O)CCCN(c2nccc(/C(N)=N/O)n2)CC1. The lowest BCUT2D eigenvalue weighted by atomic mass is 9.98. The van der Waals surface area contributed by atoms with E-state index in [4.69, 9.17) is 10.9 Å². The number of aliphatic hydroxyl groups is 1. The summed E-state index contributed by atoms with van der Waals surface area (Å²) in [5.74, 6) is 0.507. The largest absolute Gasteiger partial charge is 0.409 e. The highest BCUT2D eigenvalue weighted by Gasteiger charge is 2.26. The van der Waals surface area contributed by atoms with Crippen LogP contribution in [0.25, 0.3) is 0 Å². The fourth-order valence-electron chi connectivity index (χ4n) is 2.16. The molecule has 7 heteroatoms. The Morgan fingerprint density at radius 2 is 2.26 bits per heavy atom. The number of nitrogens with zero attached hydrogens (tertiary/aromatic N) is 4. The number of rotatable bonds is 2. The van der Waals surface area contributed by atoms with Crippen molar-refractivity contribution in [2.75, 3.05) is 18.0 Å². The zero-order valence-electron chi connectivity index (χ0n) is 11.0. The molecule has 0 amide bonds. The first-order chi connectivity index (χ1) is 9.02. The number of hydrogen-bond donors (Lipinski definition) is 3. The number of anilines is 1. The number of aromatic nitrogens is 2. The van der Waals surface area contributed by atoms with E-state index in [1.165, 1.54) is 0 Å². The normalized spacial score (nSPS) is 25.2. The average Bonchev–Trinajstić information content (AvgIpc) is 2.59. The summed E-state index contributed by atoms with van der Waals surface area (Å²) in [4.78, 5) is 10.5. The summed E-state index contributed by atoms with van der Waals surface area (Å²) in [6.07, 6.45) is 3.90. The molecule has 0 saturated carbocycles. The molecular formula is C12H19N5O2. The summed E-state index contributed by atoms with van der Waals surface area (Å²) in [6.45, 7) is 3.33. The van der Waals surface area contributed by atoms with Gasteiger partial charge >= 0.3 is 0 Å². The zero-order valence-corrected chi connectivity index (χ0v) is 11.0. The highest BCUT2D eigenvalue weighted by Crippen LogP contribution is 2.23. The number of oxime groups is 1. The van der Waals surface area contributed by atoms with E-state index in [1.807, 2.05) is 11.8 Å². The van der Waals surface area contributed by atoms with Crippen molar-refractivity contribution in [1.29, 1.82) is 0 Å². The highest BCUT2D eigenvalue weighted by atomic mass is 16.4. The molecule has 0 spiro atoms. The van der Waals surface area contributed by atoms with Crippen LogP contribution in [0.5, 0.6) is 0 Å². The van der Waals surface area contributed by atoms with Gasteiger partial charge in [-0.3, -0.25) is 0 Å². The number of amidine groups is 1. The Kier molecular flexibility index (Phi) is 3.84. The van der Waals surface area contributed by atoms with Crippen molar-refractivity contribution >= 4 is 11.8 Å². The van der Waals surface area contributed by atoms with E-state index in [-0.39, 0.29) is 5.84 Å². The van der Waals surface area contributed by atoms with Crippen LogP contribution in [0.4, 0.5) is 5.95 Å².